The molecule has 1 atom stereocenters. The first kappa shape index (κ1) is 23.3. The van der Waals surface area contributed by atoms with Crippen LogP contribution in [0.1, 0.15) is 41.5 Å². The SMILES string of the molecule is CC(C)N(CC(=O)N1CCc2sccc2C1c1ccc(Cl)cc1)C(=O)C=Cc1ccccc1. The molecule has 0 saturated heterocycles. The standard InChI is InChI=1S/C27H27ClN2O2S/c1-19(2)30(25(31)13-8-20-6-4-3-5-7-20)18-26(32)29-16-14-24-23(15-17-33-24)27(29)21-9-11-22(28)12-10-21/h3-13,15,17,19,27H,14,16,18H2,1-2H3. The predicted molar refractivity (Wildman–Crippen MR) is 135 cm³/mol. The maximum atomic E-state index is 13.6. The van der Waals surface area contributed by atoms with Crippen molar-refractivity contribution < 1.29 is 9.59 Å². The van der Waals surface area contributed by atoms with E-state index in [0.29, 0.717) is 11.6 Å². The Labute approximate surface area is 204 Å². The van der Waals surface area contributed by atoms with Crippen LogP contribution in [0.5, 0.6) is 0 Å². The molecule has 0 bridgehead atoms. The molecule has 1 aromatic heterocycles. The van der Waals surface area contributed by atoms with Gasteiger partial charge in [0.15, 0.2) is 0 Å². The quantitative estimate of drug-likeness (QED) is 0.418. The van der Waals surface area contributed by atoms with Crippen molar-refractivity contribution in [3.05, 3.63) is 98.7 Å². The fourth-order valence-corrected chi connectivity index (χ4v) is 5.20. The van der Waals surface area contributed by atoms with Gasteiger partial charge in [-0.3, -0.25) is 9.59 Å². The number of hydrogen-bond acceptors (Lipinski definition) is 3. The lowest BCUT2D eigenvalue weighted by Gasteiger charge is -2.38. The van der Waals surface area contributed by atoms with Gasteiger partial charge in [-0.25, -0.2) is 0 Å². The topological polar surface area (TPSA) is 40.6 Å². The summed E-state index contributed by atoms with van der Waals surface area (Å²) in [6.07, 6.45) is 4.16. The van der Waals surface area contributed by atoms with Crippen LogP contribution in [0, 0.1) is 0 Å². The van der Waals surface area contributed by atoms with Gasteiger partial charge in [0.1, 0.15) is 6.54 Å². The summed E-state index contributed by atoms with van der Waals surface area (Å²) in [5.74, 6) is -0.222. The molecule has 2 aromatic carbocycles. The van der Waals surface area contributed by atoms with Gasteiger partial charge in [0, 0.05) is 28.6 Å². The fourth-order valence-electron chi connectivity index (χ4n) is 4.17. The highest BCUT2D eigenvalue weighted by Gasteiger charge is 2.34. The van der Waals surface area contributed by atoms with E-state index in [-0.39, 0.29) is 30.4 Å². The lowest BCUT2D eigenvalue weighted by molar-refractivity contribution is -0.140. The average molecular weight is 479 g/mol. The van der Waals surface area contributed by atoms with Gasteiger partial charge < -0.3 is 9.80 Å². The van der Waals surface area contributed by atoms with Crippen molar-refractivity contribution in [3.63, 3.8) is 0 Å². The van der Waals surface area contributed by atoms with Crippen molar-refractivity contribution in [3.8, 4) is 0 Å². The molecule has 2 heterocycles. The third-order valence-corrected chi connectivity index (χ3v) is 7.15. The second-order valence-corrected chi connectivity index (χ2v) is 9.83. The smallest absolute Gasteiger partial charge is 0.247 e. The van der Waals surface area contributed by atoms with Crippen molar-refractivity contribution in [2.75, 3.05) is 13.1 Å². The summed E-state index contributed by atoms with van der Waals surface area (Å²) in [6, 6.07) is 19.2. The van der Waals surface area contributed by atoms with Crippen molar-refractivity contribution >= 4 is 40.8 Å². The molecule has 4 rings (SSSR count). The number of thiophene rings is 1. The van der Waals surface area contributed by atoms with Crippen LogP contribution in [-0.4, -0.2) is 40.7 Å². The Morgan fingerprint density at radius 1 is 1.12 bits per heavy atom. The minimum atomic E-state index is -0.172. The molecule has 0 N–H and O–H groups in total. The Bertz CT molecular complexity index is 1140. The van der Waals surface area contributed by atoms with Gasteiger partial charge in [-0.2, -0.15) is 0 Å². The van der Waals surface area contributed by atoms with Gasteiger partial charge in [0.05, 0.1) is 6.04 Å². The van der Waals surface area contributed by atoms with Gasteiger partial charge in [0.25, 0.3) is 0 Å². The largest absolute Gasteiger partial charge is 0.330 e. The number of carbonyl (C=O) groups excluding carboxylic acids is 2. The van der Waals surface area contributed by atoms with Crippen LogP contribution >= 0.6 is 22.9 Å². The Hall–Kier alpha value is -2.89. The van der Waals surface area contributed by atoms with E-state index in [1.165, 1.54) is 4.88 Å². The van der Waals surface area contributed by atoms with E-state index in [0.717, 1.165) is 23.1 Å². The molecule has 1 aliphatic rings. The molecule has 2 amide bonds. The Balaban J connectivity index is 1.56. The van der Waals surface area contributed by atoms with Crippen LogP contribution in [0.25, 0.3) is 6.08 Å². The monoisotopic (exact) mass is 478 g/mol. The molecule has 0 radical (unpaired) electrons. The molecule has 1 unspecified atom stereocenters. The summed E-state index contributed by atoms with van der Waals surface area (Å²) in [6.45, 7) is 4.54. The summed E-state index contributed by atoms with van der Waals surface area (Å²) in [5.41, 5.74) is 3.14. The predicted octanol–water partition coefficient (Wildman–Crippen LogP) is 5.83. The maximum absolute atomic E-state index is 13.6. The highest BCUT2D eigenvalue weighted by molar-refractivity contribution is 7.10. The molecule has 170 valence electrons. The molecule has 0 fully saturated rings. The zero-order valence-corrected chi connectivity index (χ0v) is 20.4. The molecule has 4 nitrogen and oxygen atoms in total. The Kier molecular flexibility index (Phi) is 7.31. The highest BCUT2D eigenvalue weighted by atomic mass is 35.5. The van der Waals surface area contributed by atoms with Gasteiger partial charge in [-0.1, -0.05) is 54.1 Å². The van der Waals surface area contributed by atoms with E-state index in [2.05, 4.69) is 11.4 Å². The van der Waals surface area contributed by atoms with Gasteiger partial charge >= 0.3 is 0 Å². The zero-order valence-electron chi connectivity index (χ0n) is 18.8. The van der Waals surface area contributed by atoms with E-state index in [1.807, 2.05) is 73.3 Å². The molecular formula is C27H27ClN2O2S. The number of halogens is 1. The highest BCUT2D eigenvalue weighted by Crippen LogP contribution is 2.38. The molecule has 3 aromatic rings. The Morgan fingerprint density at radius 3 is 2.55 bits per heavy atom. The first-order valence-electron chi connectivity index (χ1n) is 11.1. The van der Waals surface area contributed by atoms with E-state index >= 15 is 0 Å². The van der Waals surface area contributed by atoms with E-state index < -0.39 is 0 Å². The molecule has 6 heteroatoms. The van der Waals surface area contributed by atoms with Crippen LogP contribution in [0.3, 0.4) is 0 Å². The van der Waals surface area contributed by atoms with E-state index in [1.54, 1.807) is 28.4 Å². The van der Waals surface area contributed by atoms with Crippen LogP contribution < -0.4 is 0 Å². The number of benzene rings is 2. The summed E-state index contributed by atoms with van der Waals surface area (Å²) in [7, 11) is 0. The van der Waals surface area contributed by atoms with E-state index in [4.69, 9.17) is 11.6 Å². The third-order valence-electron chi connectivity index (χ3n) is 5.90. The number of fused-ring (bicyclic) bond motifs is 1. The average Bonchev–Trinajstić information content (AvgIpc) is 3.30. The van der Waals surface area contributed by atoms with Crippen molar-refractivity contribution in [2.45, 2.75) is 32.4 Å². The number of nitrogens with zero attached hydrogens (tertiary/aromatic N) is 2. The summed E-state index contributed by atoms with van der Waals surface area (Å²) in [5, 5.41) is 2.75. The van der Waals surface area contributed by atoms with Gasteiger partial charge in [0.2, 0.25) is 11.8 Å². The molecule has 33 heavy (non-hydrogen) atoms. The van der Waals surface area contributed by atoms with Gasteiger partial charge in [-0.05, 0) is 66.6 Å². The normalized spacial score (nSPS) is 15.6. The van der Waals surface area contributed by atoms with Crippen LogP contribution in [-0.2, 0) is 16.0 Å². The minimum absolute atomic E-state index is 0.0409. The molecule has 0 saturated carbocycles. The number of amides is 2. The first-order chi connectivity index (χ1) is 15.9. The second kappa shape index (κ2) is 10.4. The van der Waals surface area contributed by atoms with E-state index in [9.17, 15) is 9.59 Å². The Morgan fingerprint density at radius 2 is 1.85 bits per heavy atom. The number of carbonyl (C=O) groups is 2. The van der Waals surface area contributed by atoms with Crippen LogP contribution in [0.4, 0.5) is 0 Å². The summed E-state index contributed by atoms with van der Waals surface area (Å²) < 4.78 is 0. The fraction of sp³-hybridized carbons (Fsp3) is 0.259. The molecular weight excluding hydrogens is 452 g/mol. The summed E-state index contributed by atoms with van der Waals surface area (Å²) >= 11 is 7.84. The zero-order chi connectivity index (χ0) is 23.4. The minimum Gasteiger partial charge on any atom is -0.330 e. The van der Waals surface area contributed by atoms with Crippen LogP contribution in [0.15, 0.2) is 72.1 Å². The summed E-state index contributed by atoms with van der Waals surface area (Å²) in [4.78, 5) is 31.4. The first-order valence-corrected chi connectivity index (χ1v) is 12.3. The van der Waals surface area contributed by atoms with Crippen molar-refractivity contribution in [1.82, 2.24) is 9.80 Å². The second-order valence-electron chi connectivity index (χ2n) is 8.39. The third kappa shape index (κ3) is 5.37. The lowest BCUT2D eigenvalue weighted by atomic mass is 9.93. The lowest BCUT2D eigenvalue weighted by Crippen LogP contribution is -2.48. The molecule has 0 spiro atoms. The van der Waals surface area contributed by atoms with Crippen LogP contribution in [0.2, 0.25) is 5.02 Å². The van der Waals surface area contributed by atoms with Crippen molar-refractivity contribution in [2.24, 2.45) is 0 Å². The number of hydrogen-bond donors (Lipinski definition) is 0. The molecule has 1 aliphatic heterocycles. The molecule has 0 aliphatic carbocycles. The maximum Gasteiger partial charge on any atom is 0.247 e. The van der Waals surface area contributed by atoms with Gasteiger partial charge in [-0.15, -0.1) is 11.3 Å². The number of rotatable bonds is 6. The van der Waals surface area contributed by atoms with Crippen molar-refractivity contribution in [1.29, 1.82) is 0 Å².